The van der Waals surface area contributed by atoms with Gasteiger partial charge in [-0.1, -0.05) is 13.0 Å². The predicted octanol–water partition coefficient (Wildman–Crippen LogP) is 2.75. The van der Waals surface area contributed by atoms with Crippen molar-refractivity contribution in [2.45, 2.75) is 38.6 Å². The molecule has 0 amide bonds. The van der Waals surface area contributed by atoms with E-state index < -0.39 is 0 Å². The van der Waals surface area contributed by atoms with Crippen LogP contribution in [0.25, 0.3) is 0 Å². The van der Waals surface area contributed by atoms with Gasteiger partial charge in [0, 0.05) is 24.0 Å². The SMILES string of the molecule is CCCNC1CCCN(CCc2cccs2)C1. The Bertz CT molecular complexity index is 297. The molecule has 1 aliphatic heterocycles. The van der Waals surface area contributed by atoms with E-state index >= 15 is 0 Å². The summed E-state index contributed by atoms with van der Waals surface area (Å²) < 4.78 is 0. The van der Waals surface area contributed by atoms with Crippen molar-refractivity contribution in [3.05, 3.63) is 22.4 Å². The van der Waals surface area contributed by atoms with Gasteiger partial charge in [0.15, 0.2) is 0 Å². The normalized spacial score (nSPS) is 21.8. The summed E-state index contributed by atoms with van der Waals surface area (Å²) in [6.45, 7) is 7.17. The highest BCUT2D eigenvalue weighted by molar-refractivity contribution is 7.09. The smallest absolute Gasteiger partial charge is 0.0195 e. The first-order valence-corrected chi connectivity index (χ1v) is 7.74. The summed E-state index contributed by atoms with van der Waals surface area (Å²) in [5, 5.41) is 5.83. The summed E-state index contributed by atoms with van der Waals surface area (Å²) in [7, 11) is 0. The Hall–Kier alpha value is -0.380. The first-order valence-electron chi connectivity index (χ1n) is 6.86. The van der Waals surface area contributed by atoms with Crippen molar-refractivity contribution < 1.29 is 0 Å². The van der Waals surface area contributed by atoms with E-state index in [1.807, 2.05) is 11.3 Å². The second kappa shape index (κ2) is 7.14. The molecule has 1 N–H and O–H groups in total. The molecule has 1 aromatic heterocycles. The Morgan fingerprint density at radius 2 is 2.47 bits per heavy atom. The maximum absolute atomic E-state index is 3.66. The van der Waals surface area contributed by atoms with E-state index in [2.05, 4.69) is 34.7 Å². The average Bonchev–Trinajstić information content (AvgIpc) is 2.87. The molecule has 1 aliphatic rings. The van der Waals surface area contributed by atoms with Gasteiger partial charge in [0.1, 0.15) is 0 Å². The lowest BCUT2D eigenvalue weighted by Gasteiger charge is -2.33. The third kappa shape index (κ3) is 4.41. The van der Waals surface area contributed by atoms with Crippen LogP contribution in [0.2, 0.25) is 0 Å². The van der Waals surface area contributed by atoms with Crippen LogP contribution in [0.3, 0.4) is 0 Å². The molecule has 17 heavy (non-hydrogen) atoms. The van der Waals surface area contributed by atoms with E-state index in [-0.39, 0.29) is 0 Å². The van der Waals surface area contributed by atoms with E-state index in [1.54, 1.807) is 0 Å². The Labute approximate surface area is 109 Å². The number of nitrogens with zero attached hydrogens (tertiary/aromatic N) is 1. The van der Waals surface area contributed by atoms with E-state index in [1.165, 1.54) is 56.7 Å². The molecule has 1 unspecified atom stereocenters. The third-order valence-corrected chi connectivity index (χ3v) is 4.38. The number of rotatable bonds is 6. The molecule has 1 fully saturated rings. The van der Waals surface area contributed by atoms with Gasteiger partial charge in [0.25, 0.3) is 0 Å². The maximum atomic E-state index is 3.66. The van der Waals surface area contributed by atoms with Gasteiger partial charge >= 0.3 is 0 Å². The van der Waals surface area contributed by atoms with Crippen LogP contribution in [0.1, 0.15) is 31.1 Å². The van der Waals surface area contributed by atoms with Crippen LogP contribution >= 0.6 is 11.3 Å². The van der Waals surface area contributed by atoms with Crippen LogP contribution in [0.15, 0.2) is 17.5 Å². The molecule has 1 aromatic rings. The van der Waals surface area contributed by atoms with Crippen molar-refractivity contribution in [2.75, 3.05) is 26.2 Å². The molecule has 2 rings (SSSR count). The highest BCUT2D eigenvalue weighted by atomic mass is 32.1. The van der Waals surface area contributed by atoms with Gasteiger partial charge < -0.3 is 10.2 Å². The number of hydrogen-bond acceptors (Lipinski definition) is 3. The van der Waals surface area contributed by atoms with Gasteiger partial charge in [-0.15, -0.1) is 11.3 Å². The van der Waals surface area contributed by atoms with Crippen LogP contribution < -0.4 is 5.32 Å². The van der Waals surface area contributed by atoms with Gasteiger partial charge in [0.05, 0.1) is 0 Å². The maximum Gasteiger partial charge on any atom is 0.0195 e. The predicted molar refractivity (Wildman–Crippen MR) is 75.8 cm³/mol. The molecule has 0 aromatic carbocycles. The fourth-order valence-electron chi connectivity index (χ4n) is 2.50. The fraction of sp³-hybridized carbons (Fsp3) is 0.714. The highest BCUT2D eigenvalue weighted by Gasteiger charge is 2.18. The lowest BCUT2D eigenvalue weighted by Crippen LogP contribution is -2.46. The molecule has 1 atom stereocenters. The Morgan fingerprint density at radius 1 is 1.53 bits per heavy atom. The summed E-state index contributed by atoms with van der Waals surface area (Å²) in [5.74, 6) is 0. The number of likely N-dealkylation sites (tertiary alicyclic amines) is 1. The number of nitrogens with one attached hydrogen (secondary N) is 1. The van der Waals surface area contributed by atoms with Gasteiger partial charge in [-0.25, -0.2) is 0 Å². The van der Waals surface area contributed by atoms with Crippen LogP contribution in [0, 0.1) is 0 Å². The topological polar surface area (TPSA) is 15.3 Å². The van der Waals surface area contributed by atoms with Crippen molar-refractivity contribution in [1.29, 1.82) is 0 Å². The van der Waals surface area contributed by atoms with Gasteiger partial charge in [0.2, 0.25) is 0 Å². The van der Waals surface area contributed by atoms with Gasteiger partial charge in [-0.05, 0) is 50.2 Å². The lowest BCUT2D eigenvalue weighted by atomic mass is 10.1. The molecule has 2 heterocycles. The minimum absolute atomic E-state index is 0.729. The second-order valence-corrected chi connectivity index (χ2v) is 5.96. The molecule has 0 spiro atoms. The summed E-state index contributed by atoms with van der Waals surface area (Å²) in [6.07, 6.45) is 5.17. The largest absolute Gasteiger partial charge is 0.313 e. The second-order valence-electron chi connectivity index (χ2n) is 4.92. The van der Waals surface area contributed by atoms with E-state index in [9.17, 15) is 0 Å². The summed E-state index contributed by atoms with van der Waals surface area (Å²) in [6, 6.07) is 5.13. The fourth-order valence-corrected chi connectivity index (χ4v) is 3.20. The summed E-state index contributed by atoms with van der Waals surface area (Å²) in [4.78, 5) is 4.14. The first kappa shape index (κ1) is 13.1. The monoisotopic (exact) mass is 252 g/mol. The number of hydrogen-bond donors (Lipinski definition) is 1. The van der Waals surface area contributed by atoms with Crippen LogP contribution in [0.5, 0.6) is 0 Å². The van der Waals surface area contributed by atoms with E-state index in [0.29, 0.717) is 0 Å². The first-order chi connectivity index (χ1) is 8.38. The van der Waals surface area contributed by atoms with Crippen LogP contribution in [-0.4, -0.2) is 37.1 Å². The summed E-state index contributed by atoms with van der Waals surface area (Å²) >= 11 is 1.88. The van der Waals surface area contributed by atoms with Gasteiger partial charge in [-0.3, -0.25) is 0 Å². The molecule has 1 saturated heterocycles. The Morgan fingerprint density at radius 3 is 3.24 bits per heavy atom. The minimum atomic E-state index is 0.729. The molecule has 0 aliphatic carbocycles. The van der Waals surface area contributed by atoms with E-state index in [0.717, 1.165) is 6.04 Å². The Kier molecular flexibility index (Phi) is 5.49. The lowest BCUT2D eigenvalue weighted by molar-refractivity contribution is 0.193. The highest BCUT2D eigenvalue weighted by Crippen LogP contribution is 2.13. The molecular weight excluding hydrogens is 228 g/mol. The van der Waals surface area contributed by atoms with Crippen molar-refractivity contribution >= 4 is 11.3 Å². The number of piperidine rings is 1. The minimum Gasteiger partial charge on any atom is -0.313 e. The quantitative estimate of drug-likeness (QED) is 0.837. The van der Waals surface area contributed by atoms with Gasteiger partial charge in [-0.2, -0.15) is 0 Å². The molecular formula is C14H24N2S. The Balaban J connectivity index is 1.69. The molecule has 3 heteroatoms. The van der Waals surface area contributed by atoms with Crippen molar-refractivity contribution in [3.8, 4) is 0 Å². The van der Waals surface area contributed by atoms with E-state index in [4.69, 9.17) is 0 Å². The molecule has 96 valence electrons. The molecule has 0 radical (unpaired) electrons. The molecule has 0 bridgehead atoms. The third-order valence-electron chi connectivity index (χ3n) is 3.44. The van der Waals surface area contributed by atoms with Crippen molar-refractivity contribution in [3.63, 3.8) is 0 Å². The zero-order valence-corrected chi connectivity index (χ0v) is 11.6. The zero-order chi connectivity index (χ0) is 11.9. The number of thiophene rings is 1. The zero-order valence-electron chi connectivity index (χ0n) is 10.8. The molecule has 0 saturated carbocycles. The summed E-state index contributed by atoms with van der Waals surface area (Å²) in [5.41, 5.74) is 0. The average molecular weight is 252 g/mol. The van der Waals surface area contributed by atoms with Crippen molar-refractivity contribution in [1.82, 2.24) is 10.2 Å². The molecule has 2 nitrogen and oxygen atoms in total. The van der Waals surface area contributed by atoms with Crippen LogP contribution in [-0.2, 0) is 6.42 Å². The standard InChI is InChI=1S/C14H24N2S/c1-2-8-15-13-5-3-9-16(12-13)10-7-14-6-4-11-17-14/h4,6,11,13,15H,2-3,5,7-10,12H2,1H3. The van der Waals surface area contributed by atoms with Crippen LogP contribution in [0.4, 0.5) is 0 Å². The van der Waals surface area contributed by atoms with Crippen molar-refractivity contribution in [2.24, 2.45) is 0 Å².